The lowest BCUT2D eigenvalue weighted by atomic mass is 10.0. The highest BCUT2D eigenvalue weighted by molar-refractivity contribution is 4.88. The topological polar surface area (TPSA) is 9.23 Å². The number of hydrogen-bond donors (Lipinski definition) is 0. The Hall–Kier alpha value is -1.02. The van der Waals surface area contributed by atoms with Crippen molar-refractivity contribution in [3.05, 3.63) is 0 Å². The minimum absolute atomic E-state index is 2.07. The first-order chi connectivity index (χ1) is 11.8. The first-order valence-corrected chi connectivity index (χ1v) is 6.91. The Bertz CT molecular complexity index is 400. The smallest absolute Gasteiger partial charge is 0.362 e. The van der Waals surface area contributed by atoms with E-state index in [0.29, 0.717) is 0 Å². The number of ether oxygens (including phenoxy) is 1. The van der Waals surface area contributed by atoms with Gasteiger partial charge in [-0.15, -0.1) is 0 Å². The fraction of sp³-hybridized carbons (Fsp3) is 1.00. The van der Waals surface area contributed by atoms with Gasteiger partial charge in [0.05, 0.1) is 0 Å². The van der Waals surface area contributed by atoms with Crippen LogP contribution in [0.3, 0.4) is 0 Å². The summed E-state index contributed by atoms with van der Waals surface area (Å²) < 4.78 is 179. The number of hydrogen-bond acceptors (Lipinski definition) is 1. The molecule has 0 spiro atoms. The average molecular weight is 438 g/mol. The number of halogens is 14. The highest BCUT2D eigenvalue weighted by atomic mass is 19.4. The largest absolute Gasteiger partial charge is 0.389 e. The first-order valence-electron chi connectivity index (χ1n) is 6.91. The molecule has 0 aliphatic carbocycles. The van der Waals surface area contributed by atoms with E-state index in [-0.39, 0.29) is 0 Å². The van der Waals surface area contributed by atoms with Crippen molar-refractivity contribution in [3.8, 4) is 0 Å². The molecule has 0 saturated heterocycles. The van der Waals surface area contributed by atoms with Gasteiger partial charge in [-0.25, -0.2) is 17.6 Å². The molecule has 2 unspecified atom stereocenters. The maximum Gasteiger partial charge on any atom is 0.389 e. The number of rotatable bonds is 10. The fourth-order valence-electron chi connectivity index (χ4n) is 1.77. The average Bonchev–Trinajstić information content (AvgIpc) is 2.43. The van der Waals surface area contributed by atoms with Crippen molar-refractivity contribution in [2.75, 3.05) is 0 Å². The molecule has 0 saturated carbocycles. The first kappa shape index (κ1) is 26.0. The molecular formula is C12H12F14O. The summed E-state index contributed by atoms with van der Waals surface area (Å²) in [6.45, 7) is 0. The van der Waals surface area contributed by atoms with Crippen LogP contribution in [0, 0.1) is 0 Å². The fourth-order valence-corrected chi connectivity index (χ4v) is 1.77. The highest BCUT2D eigenvalue weighted by Crippen LogP contribution is 2.40. The standard InChI is InChI=1S/C12H12F14O/c13-7(14)11(23,24)5(1-3-9(17,18)19)27-6(2-4-10(20,21)22)12(25,26)8(15)16/h5-8H,1-4H2. The Labute approximate surface area is 142 Å². The van der Waals surface area contributed by atoms with Gasteiger partial charge in [-0.3, -0.25) is 0 Å². The molecule has 0 aromatic heterocycles. The molecule has 2 atom stereocenters. The van der Waals surface area contributed by atoms with Gasteiger partial charge in [0, 0.05) is 12.8 Å². The van der Waals surface area contributed by atoms with E-state index in [9.17, 15) is 61.5 Å². The van der Waals surface area contributed by atoms with Crippen LogP contribution in [-0.4, -0.2) is 49.3 Å². The molecule has 0 aromatic carbocycles. The second kappa shape index (κ2) is 8.99. The summed E-state index contributed by atoms with van der Waals surface area (Å²) in [4.78, 5) is 0. The lowest BCUT2D eigenvalue weighted by Crippen LogP contribution is -2.50. The Balaban J connectivity index is 5.67. The van der Waals surface area contributed by atoms with Crippen LogP contribution in [0.2, 0.25) is 0 Å². The zero-order valence-electron chi connectivity index (χ0n) is 12.8. The molecule has 0 aliphatic heterocycles. The van der Waals surface area contributed by atoms with Gasteiger partial charge in [0.25, 0.3) is 0 Å². The van der Waals surface area contributed by atoms with Crippen molar-refractivity contribution in [2.24, 2.45) is 0 Å². The van der Waals surface area contributed by atoms with Crippen molar-refractivity contribution in [1.29, 1.82) is 0 Å². The molecule has 0 fully saturated rings. The minimum atomic E-state index is -5.51. The third kappa shape index (κ3) is 8.68. The Morgan fingerprint density at radius 1 is 0.519 bits per heavy atom. The monoisotopic (exact) mass is 438 g/mol. The summed E-state index contributed by atoms with van der Waals surface area (Å²) in [7, 11) is 0. The zero-order chi connectivity index (χ0) is 21.8. The molecule has 0 radical (unpaired) electrons. The molecule has 0 aliphatic rings. The van der Waals surface area contributed by atoms with E-state index in [1.807, 2.05) is 0 Å². The number of alkyl halides is 14. The van der Waals surface area contributed by atoms with Crippen molar-refractivity contribution in [2.45, 2.75) is 74.9 Å². The van der Waals surface area contributed by atoms with Gasteiger partial charge in [-0.05, 0) is 12.8 Å². The Morgan fingerprint density at radius 3 is 0.963 bits per heavy atom. The van der Waals surface area contributed by atoms with Crippen LogP contribution in [0.15, 0.2) is 0 Å². The van der Waals surface area contributed by atoms with Crippen LogP contribution < -0.4 is 0 Å². The predicted molar refractivity (Wildman–Crippen MR) is 61.1 cm³/mol. The van der Waals surface area contributed by atoms with Gasteiger partial charge in [0.1, 0.15) is 12.2 Å². The molecule has 0 bridgehead atoms. The highest BCUT2D eigenvalue weighted by Gasteiger charge is 2.56. The van der Waals surface area contributed by atoms with E-state index in [1.165, 1.54) is 0 Å². The molecule has 0 heterocycles. The van der Waals surface area contributed by atoms with Gasteiger partial charge in [-0.2, -0.15) is 43.9 Å². The van der Waals surface area contributed by atoms with E-state index >= 15 is 0 Å². The molecule has 0 rings (SSSR count). The van der Waals surface area contributed by atoms with Crippen molar-refractivity contribution in [3.63, 3.8) is 0 Å². The summed E-state index contributed by atoms with van der Waals surface area (Å²) in [5.41, 5.74) is 0. The molecule has 0 aromatic rings. The SMILES string of the molecule is FC(F)C(F)(F)C(CCC(F)(F)F)OC(CCC(F)(F)F)C(F)(F)C(F)F. The van der Waals surface area contributed by atoms with Gasteiger partial charge < -0.3 is 4.74 Å². The molecular weight excluding hydrogens is 426 g/mol. The van der Waals surface area contributed by atoms with Crippen LogP contribution in [0.4, 0.5) is 61.5 Å². The third-order valence-corrected chi connectivity index (χ3v) is 3.15. The summed E-state index contributed by atoms with van der Waals surface area (Å²) in [6, 6.07) is 0. The molecule has 0 amide bonds. The second-order valence-electron chi connectivity index (χ2n) is 5.37. The van der Waals surface area contributed by atoms with Crippen LogP contribution in [-0.2, 0) is 4.74 Å². The van der Waals surface area contributed by atoms with Crippen molar-refractivity contribution >= 4 is 0 Å². The summed E-state index contributed by atoms with van der Waals surface area (Å²) in [6.07, 6.45) is -36.0. The normalized spacial score (nSPS) is 16.9. The second-order valence-corrected chi connectivity index (χ2v) is 5.37. The lowest BCUT2D eigenvalue weighted by molar-refractivity contribution is -0.277. The van der Waals surface area contributed by atoms with Crippen LogP contribution >= 0.6 is 0 Å². The van der Waals surface area contributed by atoms with E-state index in [4.69, 9.17) is 0 Å². The molecule has 0 N–H and O–H groups in total. The summed E-state index contributed by atoms with van der Waals surface area (Å²) in [5, 5.41) is 0. The van der Waals surface area contributed by atoms with E-state index < -0.39 is 74.9 Å². The van der Waals surface area contributed by atoms with E-state index in [0.717, 1.165) is 0 Å². The van der Waals surface area contributed by atoms with Gasteiger partial charge in [-0.1, -0.05) is 0 Å². The van der Waals surface area contributed by atoms with Gasteiger partial charge in [0.15, 0.2) is 0 Å². The van der Waals surface area contributed by atoms with E-state index in [1.54, 1.807) is 0 Å². The van der Waals surface area contributed by atoms with Crippen LogP contribution in [0.5, 0.6) is 0 Å². The molecule has 1 nitrogen and oxygen atoms in total. The maximum atomic E-state index is 13.3. The predicted octanol–water partition coefficient (Wildman–Crippen LogP) is 6.23. The Kier molecular flexibility index (Phi) is 8.65. The van der Waals surface area contributed by atoms with Crippen molar-refractivity contribution in [1.82, 2.24) is 0 Å². The Morgan fingerprint density at radius 2 is 0.778 bits per heavy atom. The van der Waals surface area contributed by atoms with Gasteiger partial charge >= 0.3 is 37.0 Å². The lowest BCUT2D eigenvalue weighted by Gasteiger charge is -2.34. The minimum Gasteiger partial charge on any atom is -0.362 e. The zero-order valence-corrected chi connectivity index (χ0v) is 12.8. The quantitative estimate of drug-likeness (QED) is 0.368. The summed E-state index contributed by atoms with van der Waals surface area (Å²) >= 11 is 0. The third-order valence-electron chi connectivity index (χ3n) is 3.15. The van der Waals surface area contributed by atoms with Crippen LogP contribution in [0.25, 0.3) is 0 Å². The summed E-state index contributed by atoms with van der Waals surface area (Å²) in [5.74, 6) is -11.0. The maximum absolute atomic E-state index is 13.3. The molecule has 27 heavy (non-hydrogen) atoms. The van der Waals surface area contributed by atoms with Gasteiger partial charge in [0.2, 0.25) is 0 Å². The molecule has 15 heteroatoms. The van der Waals surface area contributed by atoms with E-state index in [2.05, 4.69) is 4.74 Å². The molecule has 164 valence electrons. The van der Waals surface area contributed by atoms with Crippen LogP contribution in [0.1, 0.15) is 25.7 Å². The van der Waals surface area contributed by atoms with Crippen molar-refractivity contribution < 1.29 is 66.2 Å².